The predicted octanol–water partition coefficient (Wildman–Crippen LogP) is 1.76. The monoisotopic (exact) mass is 414 g/mol. The maximum Gasteiger partial charge on any atom is 0.306 e. The average molecular weight is 415 g/mol. The summed E-state index contributed by atoms with van der Waals surface area (Å²) in [5.74, 6) is 0.519. The van der Waals surface area contributed by atoms with Crippen LogP contribution in [0, 0.1) is 0 Å². The van der Waals surface area contributed by atoms with Crippen molar-refractivity contribution in [2.24, 2.45) is 0 Å². The maximum atomic E-state index is 12.7. The first-order valence-corrected chi connectivity index (χ1v) is 10.1. The van der Waals surface area contributed by atoms with Crippen LogP contribution in [0.4, 0.5) is 0 Å². The van der Waals surface area contributed by atoms with Crippen LogP contribution >= 0.6 is 0 Å². The highest BCUT2D eigenvalue weighted by Gasteiger charge is 2.28. The number of aromatic nitrogens is 2. The van der Waals surface area contributed by atoms with E-state index in [0.717, 1.165) is 36.4 Å². The zero-order chi connectivity index (χ0) is 21.7. The molecule has 1 aromatic carbocycles. The molecule has 0 bridgehead atoms. The summed E-state index contributed by atoms with van der Waals surface area (Å²) in [5, 5.41) is 4.69. The fraction of sp³-hybridized carbons (Fsp3) is 0.500. The van der Waals surface area contributed by atoms with E-state index < -0.39 is 0 Å². The van der Waals surface area contributed by atoms with Crippen LogP contribution < -0.4 is 4.74 Å². The van der Waals surface area contributed by atoms with Crippen molar-refractivity contribution in [1.82, 2.24) is 19.6 Å². The van der Waals surface area contributed by atoms with Crippen molar-refractivity contribution >= 4 is 11.9 Å². The number of ether oxygens (including phenoxy) is 2. The Bertz CT molecular complexity index is 889. The van der Waals surface area contributed by atoms with Crippen LogP contribution in [-0.2, 0) is 35.5 Å². The summed E-state index contributed by atoms with van der Waals surface area (Å²) in [5.41, 5.74) is 3.78. The molecule has 0 unspecified atom stereocenters. The van der Waals surface area contributed by atoms with Crippen molar-refractivity contribution in [1.29, 1.82) is 0 Å². The Kier molecular flexibility index (Phi) is 7.10. The highest BCUT2D eigenvalue weighted by Crippen LogP contribution is 2.24. The Morgan fingerprint density at radius 1 is 1.13 bits per heavy atom. The Balaban J connectivity index is 1.78. The number of fused-ring (bicyclic) bond motifs is 1. The molecule has 1 aliphatic rings. The van der Waals surface area contributed by atoms with E-state index in [9.17, 15) is 9.59 Å². The summed E-state index contributed by atoms with van der Waals surface area (Å²) in [4.78, 5) is 28.0. The predicted molar refractivity (Wildman–Crippen MR) is 113 cm³/mol. The normalized spacial score (nSPS) is 13.6. The Morgan fingerprint density at radius 2 is 1.87 bits per heavy atom. The van der Waals surface area contributed by atoms with Gasteiger partial charge < -0.3 is 14.4 Å². The number of esters is 1. The van der Waals surface area contributed by atoms with E-state index in [1.54, 1.807) is 26.1 Å². The van der Waals surface area contributed by atoms with Gasteiger partial charge in [-0.3, -0.25) is 19.2 Å². The summed E-state index contributed by atoms with van der Waals surface area (Å²) in [6.45, 7) is 2.76. The third kappa shape index (κ3) is 4.99. The van der Waals surface area contributed by atoms with Gasteiger partial charge in [-0.05, 0) is 24.1 Å². The number of amides is 1. The van der Waals surface area contributed by atoms with Crippen LogP contribution in [0.2, 0.25) is 0 Å². The van der Waals surface area contributed by atoms with Crippen molar-refractivity contribution in [2.75, 3.05) is 41.4 Å². The summed E-state index contributed by atoms with van der Waals surface area (Å²) in [7, 11) is 6.53. The van der Waals surface area contributed by atoms with Gasteiger partial charge in [-0.1, -0.05) is 12.1 Å². The largest absolute Gasteiger partial charge is 0.497 e. The van der Waals surface area contributed by atoms with Crippen LogP contribution in [0.5, 0.6) is 5.75 Å². The molecule has 2 aromatic rings. The number of methoxy groups -OCH3 is 2. The molecule has 0 fully saturated rings. The molecule has 0 N–H and O–H groups in total. The second kappa shape index (κ2) is 9.75. The minimum Gasteiger partial charge on any atom is -0.497 e. The van der Waals surface area contributed by atoms with Crippen LogP contribution in [0.15, 0.2) is 24.3 Å². The van der Waals surface area contributed by atoms with E-state index in [4.69, 9.17) is 14.6 Å². The average Bonchev–Trinajstić information content (AvgIpc) is 3.13. The third-order valence-corrected chi connectivity index (χ3v) is 5.45. The van der Waals surface area contributed by atoms with Gasteiger partial charge in [0.15, 0.2) is 5.69 Å². The van der Waals surface area contributed by atoms with Gasteiger partial charge in [0.2, 0.25) is 0 Å². The number of nitrogens with zero attached hydrogens (tertiary/aromatic N) is 4. The Morgan fingerprint density at radius 3 is 2.50 bits per heavy atom. The van der Waals surface area contributed by atoms with Crippen LogP contribution in [-0.4, -0.2) is 72.9 Å². The molecule has 30 heavy (non-hydrogen) atoms. The molecule has 3 rings (SSSR count). The first-order valence-electron chi connectivity index (χ1n) is 10.1. The molecule has 8 nitrogen and oxygen atoms in total. The Hall–Kier alpha value is -2.87. The number of aryl methyl sites for hydroxylation is 2. The van der Waals surface area contributed by atoms with E-state index >= 15 is 0 Å². The van der Waals surface area contributed by atoms with E-state index in [1.807, 2.05) is 16.8 Å². The fourth-order valence-corrected chi connectivity index (χ4v) is 3.68. The Labute approximate surface area is 177 Å². The van der Waals surface area contributed by atoms with Gasteiger partial charge in [0, 0.05) is 58.0 Å². The van der Waals surface area contributed by atoms with Crippen molar-refractivity contribution in [3.05, 3.63) is 46.8 Å². The molecular formula is C22H30N4O4. The molecule has 1 amide bonds. The fourth-order valence-electron chi connectivity index (χ4n) is 3.68. The van der Waals surface area contributed by atoms with Gasteiger partial charge in [0.25, 0.3) is 5.91 Å². The minimum atomic E-state index is -0.222. The second-order valence-electron chi connectivity index (χ2n) is 7.65. The highest BCUT2D eigenvalue weighted by molar-refractivity contribution is 5.93. The molecular weight excluding hydrogens is 384 g/mol. The molecule has 0 atom stereocenters. The van der Waals surface area contributed by atoms with Gasteiger partial charge in [-0.2, -0.15) is 5.10 Å². The molecule has 2 heterocycles. The van der Waals surface area contributed by atoms with E-state index in [2.05, 4.69) is 17.0 Å². The lowest BCUT2D eigenvalue weighted by molar-refractivity contribution is -0.141. The maximum absolute atomic E-state index is 12.7. The molecule has 0 radical (unpaired) electrons. The van der Waals surface area contributed by atoms with E-state index in [0.29, 0.717) is 31.7 Å². The number of carbonyl (C=O) groups excluding carboxylic acids is 2. The number of rotatable bonds is 8. The minimum absolute atomic E-state index is 0.0933. The summed E-state index contributed by atoms with van der Waals surface area (Å²) in [6, 6.07) is 8.01. The van der Waals surface area contributed by atoms with Crippen LogP contribution in [0.25, 0.3) is 0 Å². The van der Waals surface area contributed by atoms with Gasteiger partial charge in [-0.15, -0.1) is 0 Å². The number of hydrogen-bond acceptors (Lipinski definition) is 6. The lowest BCUT2D eigenvalue weighted by atomic mass is 10.0. The zero-order valence-corrected chi connectivity index (χ0v) is 18.2. The first-order chi connectivity index (χ1) is 14.4. The van der Waals surface area contributed by atoms with Gasteiger partial charge in [0.1, 0.15) is 5.75 Å². The SMILES string of the molecule is COC(=O)CCN1CCc2c(c(C(=O)N(C)C)nn2CCc2ccc(OC)cc2)C1. The van der Waals surface area contributed by atoms with Crippen molar-refractivity contribution in [3.63, 3.8) is 0 Å². The standard InChI is InChI=1S/C22H30N4O4/c1-24(2)22(28)21-18-15-25(13-11-20(27)30-4)12-10-19(18)26(23-21)14-9-16-5-7-17(29-3)8-6-16/h5-8H,9-15H2,1-4H3. The summed E-state index contributed by atoms with van der Waals surface area (Å²) < 4.78 is 11.9. The molecule has 162 valence electrons. The van der Waals surface area contributed by atoms with Gasteiger partial charge >= 0.3 is 5.97 Å². The van der Waals surface area contributed by atoms with Crippen LogP contribution in [0.1, 0.15) is 33.7 Å². The van der Waals surface area contributed by atoms with Crippen molar-refractivity contribution in [2.45, 2.75) is 32.4 Å². The van der Waals surface area contributed by atoms with E-state index in [1.165, 1.54) is 12.7 Å². The molecule has 0 saturated heterocycles. The smallest absolute Gasteiger partial charge is 0.306 e. The molecule has 1 aliphatic heterocycles. The van der Waals surface area contributed by atoms with Crippen LogP contribution in [0.3, 0.4) is 0 Å². The molecule has 0 saturated carbocycles. The van der Waals surface area contributed by atoms with Crippen molar-refractivity contribution < 1.29 is 19.1 Å². The molecule has 1 aromatic heterocycles. The summed E-state index contributed by atoms with van der Waals surface area (Å²) >= 11 is 0. The second-order valence-corrected chi connectivity index (χ2v) is 7.65. The van der Waals surface area contributed by atoms with Gasteiger partial charge in [-0.25, -0.2) is 0 Å². The number of benzene rings is 1. The molecule has 8 heteroatoms. The zero-order valence-electron chi connectivity index (χ0n) is 18.2. The lowest BCUT2D eigenvalue weighted by Gasteiger charge is -2.27. The number of carbonyl (C=O) groups is 2. The topological polar surface area (TPSA) is 76.9 Å². The van der Waals surface area contributed by atoms with Gasteiger partial charge in [0.05, 0.1) is 20.6 Å². The van der Waals surface area contributed by atoms with Crippen molar-refractivity contribution in [3.8, 4) is 5.75 Å². The van der Waals surface area contributed by atoms with E-state index in [-0.39, 0.29) is 11.9 Å². The molecule has 0 spiro atoms. The first kappa shape index (κ1) is 21.8. The lowest BCUT2D eigenvalue weighted by Crippen LogP contribution is -2.34. The highest BCUT2D eigenvalue weighted by atomic mass is 16.5. The third-order valence-electron chi connectivity index (χ3n) is 5.45. The number of hydrogen-bond donors (Lipinski definition) is 0. The summed E-state index contributed by atoms with van der Waals surface area (Å²) in [6.07, 6.45) is 1.96. The molecule has 0 aliphatic carbocycles. The quantitative estimate of drug-likeness (QED) is 0.613.